The second-order valence-electron chi connectivity index (χ2n) is 6.36. The largest absolute Gasteiger partial charge is 0.341 e. The second-order valence-corrected chi connectivity index (χ2v) is 6.36. The third-order valence-corrected chi connectivity index (χ3v) is 4.42. The van der Waals surface area contributed by atoms with Crippen molar-refractivity contribution in [3.05, 3.63) is 47.3 Å². The number of hydrogen-bond donors (Lipinski definition) is 1. The number of nitrogens with one attached hydrogen (secondary N) is 1. The van der Waals surface area contributed by atoms with E-state index in [2.05, 4.69) is 26.3 Å². The minimum atomic E-state index is -0.0612. The highest BCUT2D eigenvalue weighted by molar-refractivity contribution is 5.93. The number of rotatable bonds is 3. The van der Waals surface area contributed by atoms with E-state index in [0.29, 0.717) is 11.3 Å². The molecule has 0 unspecified atom stereocenters. The molecule has 0 aliphatic carbocycles. The van der Waals surface area contributed by atoms with Crippen molar-refractivity contribution in [2.75, 3.05) is 23.3 Å². The number of aromatic nitrogens is 2. The first-order chi connectivity index (χ1) is 12.1. The van der Waals surface area contributed by atoms with Gasteiger partial charge in [0, 0.05) is 30.4 Å². The summed E-state index contributed by atoms with van der Waals surface area (Å²) >= 11 is 0. The van der Waals surface area contributed by atoms with Crippen molar-refractivity contribution in [2.45, 2.75) is 26.7 Å². The van der Waals surface area contributed by atoms with E-state index < -0.39 is 0 Å². The molecule has 3 rings (SSSR count). The Bertz CT molecular complexity index is 799. The summed E-state index contributed by atoms with van der Waals surface area (Å²) in [5, 5.41) is 12.0. The lowest BCUT2D eigenvalue weighted by atomic mass is 9.96. The van der Waals surface area contributed by atoms with Gasteiger partial charge in [-0.1, -0.05) is 12.1 Å². The minimum absolute atomic E-state index is 0.0244. The van der Waals surface area contributed by atoms with E-state index in [1.54, 1.807) is 18.2 Å². The molecule has 1 amide bonds. The molecule has 25 heavy (non-hydrogen) atoms. The van der Waals surface area contributed by atoms with Gasteiger partial charge in [0.15, 0.2) is 0 Å². The van der Waals surface area contributed by atoms with Gasteiger partial charge in [0.2, 0.25) is 11.9 Å². The molecule has 0 radical (unpaired) electrons. The van der Waals surface area contributed by atoms with Gasteiger partial charge in [0.25, 0.3) is 0 Å². The van der Waals surface area contributed by atoms with Gasteiger partial charge in [-0.05, 0) is 44.9 Å². The lowest BCUT2D eigenvalue weighted by Crippen LogP contribution is -2.39. The van der Waals surface area contributed by atoms with Crippen LogP contribution in [0.25, 0.3) is 0 Å². The van der Waals surface area contributed by atoms with Crippen LogP contribution in [0.15, 0.2) is 30.3 Å². The topological polar surface area (TPSA) is 81.9 Å². The maximum atomic E-state index is 12.5. The molecule has 2 heterocycles. The Labute approximate surface area is 147 Å². The van der Waals surface area contributed by atoms with Crippen LogP contribution in [0.1, 0.15) is 29.8 Å². The third kappa shape index (κ3) is 3.94. The number of amides is 1. The number of anilines is 2. The summed E-state index contributed by atoms with van der Waals surface area (Å²) in [7, 11) is 0. The summed E-state index contributed by atoms with van der Waals surface area (Å²) in [5.41, 5.74) is 2.97. The zero-order chi connectivity index (χ0) is 17.8. The number of piperidine rings is 1. The molecule has 1 aliphatic heterocycles. The first-order valence-corrected chi connectivity index (χ1v) is 8.44. The fourth-order valence-corrected chi connectivity index (χ4v) is 3.11. The monoisotopic (exact) mass is 335 g/mol. The molecule has 0 bridgehead atoms. The molecule has 1 N–H and O–H groups in total. The predicted molar refractivity (Wildman–Crippen MR) is 96.2 cm³/mol. The van der Waals surface area contributed by atoms with Crippen LogP contribution in [-0.4, -0.2) is 29.0 Å². The zero-order valence-electron chi connectivity index (χ0n) is 14.5. The van der Waals surface area contributed by atoms with E-state index in [9.17, 15) is 4.79 Å². The highest BCUT2D eigenvalue weighted by atomic mass is 16.1. The van der Waals surface area contributed by atoms with Crippen molar-refractivity contribution >= 4 is 17.5 Å². The van der Waals surface area contributed by atoms with Crippen LogP contribution in [0.2, 0.25) is 0 Å². The average Bonchev–Trinajstić information content (AvgIpc) is 2.61. The van der Waals surface area contributed by atoms with Gasteiger partial charge in [-0.2, -0.15) is 5.26 Å². The van der Waals surface area contributed by atoms with Gasteiger partial charge in [0.05, 0.1) is 11.3 Å². The number of hydrogen-bond acceptors (Lipinski definition) is 5. The molecule has 1 aromatic carbocycles. The van der Waals surface area contributed by atoms with Gasteiger partial charge in [-0.25, -0.2) is 9.97 Å². The SMILES string of the molecule is Cc1cc(C)nc(N2CCC(C(=O)Nc3ccccc3C#N)CC2)n1. The molecule has 0 spiro atoms. The summed E-state index contributed by atoms with van der Waals surface area (Å²) in [4.78, 5) is 23.6. The molecule has 1 fully saturated rings. The Morgan fingerprint density at radius 2 is 1.84 bits per heavy atom. The maximum Gasteiger partial charge on any atom is 0.227 e. The van der Waals surface area contributed by atoms with E-state index in [1.807, 2.05) is 26.0 Å². The summed E-state index contributed by atoms with van der Waals surface area (Å²) in [6.45, 7) is 5.43. The first-order valence-electron chi connectivity index (χ1n) is 8.44. The van der Waals surface area contributed by atoms with E-state index in [0.717, 1.165) is 43.3 Å². The summed E-state index contributed by atoms with van der Waals surface area (Å²) in [6, 6.07) is 11.1. The van der Waals surface area contributed by atoms with Gasteiger partial charge in [0.1, 0.15) is 6.07 Å². The summed E-state index contributed by atoms with van der Waals surface area (Å²) < 4.78 is 0. The van der Waals surface area contributed by atoms with Gasteiger partial charge < -0.3 is 10.2 Å². The van der Waals surface area contributed by atoms with Crippen molar-refractivity contribution in [3.8, 4) is 6.07 Å². The Balaban J connectivity index is 1.62. The highest BCUT2D eigenvalue weighted by Gasteiger charge is 2.26. The first kappa shape index (κ1) is 16.9. The van der Waals surface area contributed by atoms with Crippen LogP contribution >= 0.6 is 0 Å². The Kier molecular flexibility index (Phi) is 4.94. The zero-order valence-corrected chi connectivity index (χ0v) is 14.5. The predicted octanol–water partition coefficient (Wildman–Crippen LogP) is 2.82. The number of benzene rings is 1. The lowest BCUT2D eigenvalue weighted by molar-refractivity contribution is -0.120. The highest BCUT2D eigenvalue weighted by Crippen LogP contribution is 2.23. The molecule has 128 valence electrons. The Morgan fingerprint density at radius 1 is 1.20 bits per heavy atom. The van der Waals surface area contributed by atoms with Gasteiger partial charge in [-0.15, -0.1) is 0 Å². The fraction of sp³-hybridized carbons (Fsp3) is 0.368. The van der Waals surface area contributed by atoms with Crippen LogP contribution in [-0.2, 0) is 4.79 Å². The number of para-hydroxylation sites is 1. The van der Waals surface area contributed by atoms with E-state index in [-0.39, 0.29) is 11.8 Å². The molecule has 0 atom stereocenters. The summed E-state index contributed by atoms with van der Waals surface area (Å²) in [6.07, 6.45) is 1.49. The molecule has 1 saturated heterocycles. The van der Waals surface area contributed by atoms with Crippen molar-refractivity contribution < 1.29 is 4.79 Å². The molecular weight excluding hydrogens is 314 g/mol. The number of aryl methyl sites for hydroxylation is 2. The van der Waals surface area contributed by atoms with Gasteiger partial charge >= 0.3 is 0 Å². The van der Waals surface area contributed by atoms with Crippen LogP contribution in [0.4, 0.5) is 11.6 Å². The fourth-order valence-electron chi connectivity index (χ4n) is 3.11. The molecule has 1 aromatic heterocycles. The van der Waals surface area contributed by atoms with E-state index >= 15 is 0 Å². The lowest BCUT2D eigenvalue weighted by Gasteiger charge is -2.31. The number of carbonyl (C=O) groups is 1. The molecule has 6 nitrogen and oxygen atoms in total. The Morgan fingerprint density at radius 3 is 2.48 bits per heavy atom. The standard InChI is InChI=1S/C19H21N5O/c1-13-11-14(2)22-19(21-13)24-9-7-15(8-10-24)18(25)23-17-6-4-3-5-16(17)12-20/h3-6,11,15H,7-10H2,1-2H3,(H,23,25). The molecule has 1 aliphatic rings. The molecular formula is C19H21N5O. The maximum absolute atomic E-state index is 12.5. The van der Waals surface area contributed by atoms with Crippen molar-refractivity contribution in [2.24, 2.45) is 5.92 Å². The number of nitrogens with zero attached hydrogens (tertiary/aromatic N) is 4. The van der Waals surface area contributed by atoms with E-state index in [4.69, 9.17) is 5.26 Å². The molecule has 6 heteroatoms. The number of nitriles is 1. The Hall–Kier alpha value is -2.94. The van der Waals surface area contributed by atoms with Crippen LogP contribution in [0.5, 0.6) is 0 Å². The van der Waals surface area contributed by atoms with Crippen molar-refractivity contribution in [1.82, 2.24) is 9.97 Å². The van der Waals surface area contributed by atoms with Crippen molar-refractivity contribution in [1.29, 1.82) is 5.26 Å². The number of carbonyl (C=O) groups excluding carboxylic acids is 1. The van der Waals surface area contributed by atoms with Crippen LogP contribution < -0.4 is 10.2 Å². The quantitative estimate of drug-likeness (QED) is 0.932. The molecule has 2 aromatic rings. The summed E-state index contributed by atoms with van der Waals surface area (Å²) in [5.74, 6) is 0.656. The molecule has 0 saturated carbocycles. The third-order valence-electron chi connectivity index (χ3n) is 4.42. The van der Waals surface area contributed by atoms with E-state index in [1.165, 1.54) is 0 Å². The normalized spacial score (nSPS) is 14.8. The van der Waals surface area contributed by atoms with Crippen LogP contribution in [0, 0.1) is 31.1 Å². The second kappa shape index (κ2) is 7.31. The minimum Gasteiger partial charge on any atom is -0.341 e. The van der Waals surface area contributed by atoms with Crippen LogP contribution in [0.3, 0.4) is 0 Å². The average molecular weight is 335 g/mol. The van der Waals surface area contributed by atoms with Crippen molar-refractivity contribution in [3.63, 3.8) is 0 Å². The smallest absolute Gasteiger partial charge is 0.227 e. The van der Waals surface area contributed by atoms with Gasteiger partial charge in [-0.3, -0.25) is 4.79 Å².